The fourth-order valence-corrected chi connectivity index (χ4v) is 4.80. The zero-order chi connectivity index (χ0) is 22.8. The maximum absolute atomic E-state index is 11.0. The minimum Gasteiger partial charge on any atom is -0.744 e. The van der Waals surface area contributed by atoms with Crippen LogP contribution in [0.15, 0.2) is 57.7 Å². The molecule has 2 aromatic carbocycles. The van der Waals surface area contributed by atoms with Gasteiger partial charge in [-0.2, -0.15) is 0 Å². The van der Waals surface area contributed by atoms with Gasteiger partial charge in [-0.25, -0.2) is 8.42 Å². The second kappa shape index (κ2) is 12.0. The number of nitrogens with zero attached hydrogens (tertiary/aromatic N) is 1. The minimum absolute atomic E-state index is 0. The van der Waals surface area contributed by atoms with Gasteiger partial charge < -0.3 is 9.66 Å². The normalized spacial score (nSPS) is 11.8. The van der Waals surface area contributed by atoms with Crippen LogP contribution in [0.5, 0.6) is 5.75 Å². The molecule has 3 rings (SSSR count). The first-order valence-electron chi connectivity index (χ1n) is 8.90. The van der Waals surface area contributed by atoms with Crippen LogP contribution in [0.1, 0.15) is 18.1 Å². The van der Waals surface area contributed by atoms with E-state index in [9.17, 15) is 18.1 Å². The molecule has 11 heteroatoms. The van der Waals surface area contributed by atoms with Crippen LogP contribution >= 0.6 is 46.8 Å². The quantitative estimate of drug-likeness (QED) is 0.211. The van der Waals surface area contributed by atoms with E-state index in [1.54, 1.807) is 37.3 Å². The van der Waals surface area contributed by atoms with E-state index in [-0.39, 0.29) is 68.6 Å². The van der Waals surface area contributed by atoms with Crippen molar-refractivity contribution in [3.63, 3.8) is 0 Å². The predicted molar refractivity (Wildman–Crippen MR) is 129 cm³/mol. The number of hydrogen-bond donors (Lipinski definition) is 1. The van der Waals surface area contributed by atoms with Gasteiger partial charge in [0.15, 0.2) is 0 Å². The zero-order valence-corrected chi connectivity index (χ0v) is 24.2. The molecule has 0 bridgehead atoms. The number of benzene rings is 2. The molecule has 5 nitrogen and oxygen atoms in total. The molecule has 3 aromatic rings. The Balaban J connectivity index is 0.00000363. The first-order valence-corrected chi connectivity index (χ1v) is 12.4. The molecular weight excluding hydrogens is 536 g/mol. The Morgan fingerprint density at radius 3 is 2.41 bits per heavy atom. The Bertz CT molecular complexity index is 1270. The van der Waals surface area contributed by atoms with Crippen LogP contribution in [0, 0.1) is 0 Å². The molecule has 0 aliphatic rings. The van der Waals surface area contributed by atoms with Crippen molar-refractivity contribution in [1.82, 2.24) is 0 Å². The maximum atomic E-state index is 11.0. The Morgan fingerprint density at radius 1 is 1.16 bits per heavy atom. The number of thiocarbonyl (C=S) groups is 1. The van der Waals surface area contributed by atoms with Crippen LogP contribution in [0.4, 0.5) is 0 Å². The maximum Gasteiger partial charge on any atom is 1.00 e. The van der Waals surface area contributed by atoms with Crippen LogP contribution in [-0.4, -0.2) is 35.2 Å². The van der Waals surface area contributed by atoms with Gasteiger partial charge in [0.05, 0.1) is 26.4 Å². The number of hydrogen-bond acceptors (Lipinski definition) is 7. The Labute approximate surface area is 248 Å². The van der Waals surface area contributed by atoms with Crippen LogP contribution in [0.2, 0.25) is 10.0 Å². The smallest absolute Gasteiger partial charge is 0.744 e. The molecule has 0 aliphatic carbocycles. The number of aliphatic imine (C=N–C) groups is 1. The van der Waals surface area contributed by atoms with Gasteiger partial charge in [0.25, 0.3) is 0 Å². The zero-order valence-electron chi connectivity index (χ0n) is 17.1. The molecule has 0 amide bonds. The molecule has 0 aliphatic heterocycles. The van der Waals surface area contributed by atoms with Gasteiger partial charge in [-0.15, -0.1) is 11.3 Å². The van der Waals surface area contributed by atoms with E-state index in [1.807, 2.05) is 5.38 Å². The summed E-state index contributed by atoms with van der Waals surface area (Å²) in [6.45, 7) is 2.05. The van der Waals surface area contributed by atoms with Crippen molar-refractivity contribution >= 4 is 67.5 Å². The summed E-state index contributed by atoms with van der Waals surface area (Å²) in [7, 11) is -4.47. The molecular formula is C21H16Cl2KNO4S3. The average molecular weight is 553 g/mol. The summed E-state index contributed by atoms with van der Waals surface area (Å²) in [5.41, 5.74) is 2.79. The van der Waals surface area contributed by atoms with Gasteiger partial charge in [-0.05, 0) is 42.3 Å². The van der Waals surface area contributed by atoms with Crippen molar-refractivity contribution in [3.05, 3.63) is 69.0 Å². The summed E-state index contributed by atoms with van der Waals surface area (Å²) >= 11 is 18.8. The molecule has 0 fully saturated rings. The average Bonchev–Trinajstić information content (AvgIpc) is 3.09. The van der Waals surface area contributed by atoms with Crippen molar-refractivity contribution in [2.75, 3.05) is 6.54 Å². The van der Waals surface area contributed by atoms with E-state index in [2.05, 4.69) is 4.99 Å². The molecule has 1 N–H and O–H groups in total. The fourth-order valence-electron chi connectivity index (χ4n) is 2.80. The topological polar surface area (TPSA) is 89.8 Å². The van der Waals surface area contributed by atoms with E-state index < -0.39 is 10.1 Å². The second-order valence-corrected chi connectivity index (χ2v) is 10.3. The SMILES string of the molecule is CC(=NCC(=S)Cc1ccc(S(=O)(=O)[O-])cc1)c1csc(-c2ccc(Cl)c(Cl)c2)c1O.[K+]. The summed E-state index contributed by atoms with van der Waals surface area (Å²) in [6.07, 6.45) is 0.412. The van der Waals surface area contributed by atoms with Gasteiger partial charge in [-0.1, -0.05) is 53.6 Å². The van der Waals surface area contributed by atoms with Gasteiger partial charge >= 0.3 is 51.4 Å². The molecule has 0 saturated carbocycles. The molecule has 162 valence electrons. The summed E-state index contributed by atoms with van der Waals surface area (Å²) < 4.78 is 33.0. The molecule has 1 aromatic heterocycles. The van der Waals surface area contributed by atoms with Crippen LogP contribution in [0.3, 0.4) is 0 Å². The second-order valence-electron chi connectivity index (χ2n) is 6.67. The van der Waals surface area contributed by atoms with Crippen molar-refractivity contribution in [2.45, 2.75) is 18.2 Å². The molecule has 0 unspecified atom stereocenters. The number of halogens is 2. The Hall–Kier alpha value is -0.174. The number of rotatable bonds is 7. The van der Waals surface area contributed by atoms with E-state index in [1.165, 1.54) is 23.5 Å². The summed E-state index contributed by atoms with van der Waals surface area (Å²) in [5, 5.41) is 13.3. The number of aromatic hydroxyl groups is 1. The first kappa shape index (κ1) is 28.1. The van der Waals surface area contributed by atoms with Crippen molar-refractivity contribution < 1.29 is 69.5 Å². The van der Waals surface area contributed by atoms with E-state index in [4.69, 9.17) is 35.4 Å². The monoisotopic (exact) mass is 551 g/mol. The van der Waals surface area contributed by atoms with Crippen LogP contribution in [0.25, 0.3) is 10.4 Å². The Morgan fingerprint density at radius 2 is 1.81 bits per heavy atom. The molecule has 1 heterocycles. The van der Waals surface area contributed by atoms with E-state index in [0.29, 0.717) is 37.5 Å². The molecule has 0 spiro atoms. The van der Waals surface area contributed by atoms with Gasteiger partial charge in [0.2, 0.25) is 0 Å². The fraction of sp³-hybridized carbons (Fsp3) is 0.143. The summed E-state index contributed by atoms with van der Waals surface area (Å²) in [4.78, 5) is 5.50. The molecule has 0 atom stereocenters. The molecule has 0 saturated heterocycles. The van der Waals surface area contributed by atoms with E-state index >= 15 is 0 Å². The van der Waals surface area contributed by atoms with E-state index in [0.717, 1.165) is 11.1 Å². The third-order valence-corrected chi connectivity index (χ3v) is 7.32. The van der Waals surface area contributed by atoms with Crippen molar-refractivity contribution in [2.24, 2.45) is 4.99 Å². The summed E-state index contributed by atoms with van der Waals surface area (Å²) in [6, 6.07) is 10.8. The third-order valence-electron chi connectivity index (χ3n) is 4.44. The van der Waals surface area contributed by atoms with Gasteiger partial charge in [0, 0.05) is 27.9 Å². The predicted octanol–water partition coefficient (Wildman–Crippen LogP) is 2.76. The largest absolute Gasteiger partial charge is 1.00 e. The van der Waals surface area contributed by atoms with Gasteiger partial charge in [0.1, 0.15) is 15.9 Å². The minimum atomic E-state index is -4.47. The molecule has 0 radical (unpaired) electrons. The van der Waals surface area contributed by atoms with Gasteiger partial charge in [-0.3, -0.25) is 4.99 Å². The third kappa shape index (κ3) is 7.16. The number of thiophene rings is 1. The van der Waals surface area contributed by atoms with Crippen molar-refractivity contribution in [1.29, 1.82) is 0 Å². The molecule has 32 heavy (non-hydrogen) atoms. The first-order chi connectivity index (χ1) is 14.6. The van der Waals surface area contributed by atoms with Crippen molar-refractivity contribution in [3.8, 4) is 16.2 Å². The van der Waals surface area contributed by atoms with Crippen LogP contribution < -0.4 is 51.4 Å². The van der Waals surface area contributed by atoms with Crippen LogP contribution in [-0.2, 0) is 16.5 Å². The standard InChI is InChI=1S/C21H17Cl2NO4S3.K/c1-12(17-11-30-21(20(17)25)14-4-7-18(22)19(23)9-14)24-10-15(29)8-13-2-5-16(6-3-13)31(26,27)28;/h2-7,9,11,25H,8,10H2,1H3,(H,26,27,28);/q;+1/p-1. The Kier molecular flexibility index (Phi) is 10.5. The summed E-state index contributed by atoms with van der Waals surface area (Å²) in [5.74, 6) is 0.116.